The van der Waals surface area contributed by atoms with Crippen LogP contribution in [0.15, 0.2) is 47.4 Å². The van der Waals surface area contributed by atoms with Gasteiger partial charge in [0.1, 0.15) is 11.3 Å². The number of esters is 2. The first-order chi connectivity index (χ1) is 12.6. The van der Waals surface area contributed by atoms with E-state index >= 15 is 0 Å². The van der Waals surface area contributed by atoms with Crippen LogP contribution in [-0.4, -0.2) is 38.7 Å². The van der Waals surface area contributed by atoms with Crippen molar-refractivity contribution in [2.24, 2.45) is 0 Å². The standard InChI is InChI=1S/C18H19NO7S/c1-11(2)26-17(21)12-5-4-6-14(9-12)27(23,24)19-13-7-8-15(16(20)10-13)18(22)25-3/h4-11,19-20H,1-3H3. The Balaban J connectivity index is 2.28. The molecule has 2 aromatic carbocycles. The fourth-order valence-electron chi connectivity index (χ4n) is 2.16. The molecule has 0 amide bonds. The highest BCUT2D eigenvalue weighted by Crippen LogP contribution is 2.25. The molecule has 0 atom stereocenters. The minimum Gasteiger partial charge on any atom is -0.507 e. The smallest absolute Gasteiger partial charge is 0.341 e. The quantitative estimate of drug-likeness (QED) is 0.724. The van der Waals surface area contributed by atoms with Crippen LogP contribution in [0.3, 0.4) is 0 Å². The van der Waals surface area contributed by atoms with E-state index in [4.69, 9.17) is 4.74 Å². The van der Waals surface area contributed by atoms with Crippen molar-refractivity contribution in [3.63, 3.8) is 0 Å². The van der Waals surface area contributed by atoms with Gasteiger partial charge in [-0.2, -0.15) is 0 Å². The Morgan fingerprint density at radius 2 is 1.78 bits per heavy atom. The van der Waals surface area contributed by atoms with Crippen LogP contribution in [0, 0.1) is 0 Å². The minimum absolute atomic E-state index is 0.0373. The number of phenolic OH excluding ortho intramolecular Hbond substituents is 1. The Kier molecular flexibility index (Phi) is 6.06. The molecule has 144 valence electrons. The van der Waals surface area contributed by atoms with E-state index in [9.17, 15) is 23.1 Å². The minimum atomic E-state index is -4.04. The van der Waals surface area contributed by atoms with Crippen molar-refractivity contribution in [3.05, 3.63) is 53.6 Å². The summed E-state index contributed by atoms with van der Waals surface area (Å²) in [6.45, 7) is 3.37. The van der Waals surface area contributed by atoms with Gasteiger partial charge in [-0.1, -0.05) is 6.07 Å². The molecule has 0 spiro atoms. The highest BCUT2D eigenvalue weighted by atomic mass is 32.2. The molecule has 0 heterocycles. The van der Waals surface area contributed by atoms with Gasteiger partial charge in [0.15, 0.2) is 0 Å². The van der Waals surface area contributed by atoms with E-state index in [0.29, 0.717) is 0 Å². The van der Waals surface area contributed by atoms with Gasteiger partial charge < -0.3 is 14.6 Å². The third kappa shape index (κ3) is 4.98. The zero-order chi connectivity index (χ0) is 20.2. The van der Waals surface area contributed by atoms with Gasteiger partial charge in [0, 0.05) is 6.07 Å². The Hall–Kier alpha value is -3.07. The van der Waals surface area contributed by atoms with Crippen molar-refractivity contribution in [1.82, 2.24) is 0 Å². The van der Waals surface area contributed by atoms with Gasteiger partial charge in [-0.15, -0.1) is 0 Å². The van der Waals surface area contributed by atoms with Gasteiger partial charge in [0.2, 0.25) is 0 Å². The zero-order valence-electron chi connectivity index (χ0n) is 14.9. The molecule has 0 radical (unpaired) electrons. The normalized spacial score (nSPS) is 11.1. The van der Waals surface area contributed by atoms with Crippen LogP contribution in [-0.2, 0) is 19.5 Å². The van der Waals surface area contributed by atoms with Gasteiger partial charge in [0.25, 0.3) is 10.0 Å². The average Bonchev–Trinajstić information content (AvgIpc) is 2.60. The number of nitrogens with one attached hydrogen (secondary N) is 1. The lowest BCUT2D eigenvalue weighted by Crippen LogP contribution is -2.15. The van der Waals surface area contributed by atoms with Crippen LogP contribution in [0.1, 0.15) is 34.6 Å². The highest BCUT2D eigenvalue weighted by Gasteiger charge is 2.19. The number of ether oxygens (including phenoxy) is 2. The molecule has 2 N–H and O–H groups in total. The van der Waals surface area contributed by atoms with Crippen molar-refractivity contribution < 1.29 is 32.6 Å². The Bertz CT molecular complexity index is 967. The van der Waals surface area contributed by atoms with Crippen LogP contribution >= 0.6 is 0 Å². The number of anilines is 1. The molecule has 9 heteroatoms. The molecule has 0 aliphatic carbocycles. The molecular weight excluding hydrogens is 374 g/mol. The second-order valence-electron chi connectivity index (χ2n) is 5.81. The largest absolute Gasteiger partial charge is 0.507 e. The molecule has 8 nitrogen and oxygen atoms in total. The average molecular weight is 393 g/mol. The second-order valence-corrected chi connectivity index (χ2v) is 7.49. The van der Waals surface area contributed by atoms with E-state index in [2.05, 4.69) is 9.46 Å². The number of phenols is 1. The van der Waals surface area contributed by atoms with Crippen molar-refractivity contribution >= 4 is 27.6 Å². The first-order valence-electron chi connectivity index (χ1n) is 7.89. The van der Waals surface area contributed by atoms with Crippen LogP contribution in [0.25, 0.3) is 0 Å². The molecule has 0 bridgehead atoms. The van der Waals surface area contributed by atoms with Crippen molar-refractivity contribution in [2.75, 3.05) is 11.8 Å². The maximum atomic E-state index is 12.5. The van der Waals surface area contributed by atoms with Gasteiger partial charge in [-0.3, -0.25) is 4.72 Å². The number of sulfonamides is 1. The maximum Gasteiger partial charge on any atom is 0.341 e. The summed E-state index contributed by atoms with van der Waals surface area (Å²) in [7, 11) is -2.88. The van der Waals surface area contributed by atoms with Crippen LogP contribution in [0.4, 0.5) is 5.69 Å². The Morgan fingerprint density at radius 1 is 1.07 bits per heavy atom. The maximum absolute atomic E-state index is 12.5. The molecule has 0 aromatic heterocycles. The highest BCUT2D eigenvalue weighted by molar-refractivity contribution is 7.92. The lowest BCUT2D eigenvalue weighted by molar-refractivity contribution is 0.0377. The van der Waals surface area contributed by atoms with Gasteiger partial charge in [-0.25, -0.2) is 18.0 Å². The summed E-state index contributed by atoms with van der Waals surface area (Å²) in [6.07, 6.45) is -0.341. The molecule has 0 saturated carbocycles. The summed E-state index contributed by atoms with van der Waals surface area (Å²) in [4.78, 5) is 23.3. The summed E-state index contributed by atoms with van der Waals surface area (Å²) < 4.78 is 36.9. The van der Waals surface area contributed by atoms with E-state index in [0.717, 1.165) is 13.2 Å². The molecular formula is C18H19NO7S. The molecule has 0 aliphatic rings. The topological polar surface area (TPSA) is 119 Å². The number of carbonyl (C=O) groups is 2. The predicted octanol–water partition coefficient (Wildman–Crippen LogP) is 2.54. The third-order valence-electron chi connectivity index (χ3n) is 3.38. The summed E-state index contributed by atoms with van der Waals surface area (Å²) in [5, 5.41) is 9.86. The van der Waals surface area contributed by atoms with Crippen LogP contribution in [0.2, 0.25) is 0 Å². The molecule has 27 heavy (non-hydrogen) atoms. The Morgan fingerprint density at radius 3 is 2.37 bits per heavy atom. The van der Waals surface area contributed by atoms with Crippen LogP contribution in [0.5, 0.6) is 5.75 Å². The van der Waals surface area contributed by atoms with Gasteiger partial charge in [0.05, 0.1) is 29.4 Å². The number of carbonyl (C=O) groups excluding carboxylic acids is 2. The van der Waals surface area contributed by atoms with E-state index < -0.39 is 27.7 Å². The van der Waals surface area contributed by atoms with E-state index in [1.807, 2.05) is 0 Å². The summed E-state index contributed by atoms with van der Waals surface area (Å²) in [5.74, 6) is -1.82. The first-order valence-corrected chi connectivity index (χ1v) is 9.37. The number of rotatable bonds is 6. The molecule has 0 aliphatic heterocycles. The van der Waals surface area contributed by atoms with E-state index in [-0.39, 0.29) is 27.8 Å². The van der Waals surface area contributed by atoms with Gasteiger partial charge >= 0.3 is 11.9 Å². The predicted molar refractivity (Wildman–Crippen MR) is 97.2 cm³/mol. The number of aromatic hydroxyl groups is 1. The monoisotopic (exact) mass is 393 g/mol. The second kappa shape index (κ2) is 8.09. The molecule has 2 rings (SSSR count). The fraction of sp³-hybridized carbons (Fsp3) is 0.222. The van der Waals surface area contributed by atoms with E-state index in [1.165, 1.54) is 36.4 Å². The third-order valence-corrected chi connectivity index (χ3v) is 4.76. The van der Waals surface area contributed by atoms with Gasteiger partial charge in [-0.05, 0) is 44.2 Å². The lowest BCUT2D eigenvalue weighted by atomic mass is 10.2. The Labute approximate surface area is 156 Å². The molecule has 0 unspecified atom stereocenters. The molecule has 0 saturated heterocycles. The molecule has 0 fully saturated rings. The first kappa shape index (κ1) is 20.2. The fourth-order valence-corrected chi connectivity index (χ4v) is 3.26. The number of benzene rings is 2. The summed E-state index contributed by atoms with van der Waals surface area (Å²) >= 11 is 0. The summed E-state index contributed by atoms with van der Waals surface area (Å²) in [5.41, 5.74) is 0.0321. The van der Waals surface area contributed by atoms with E-state index in [1.54, 1.807) is 13.8 Å². The number of hydrogen-bond donors (Lipinski definition) is 2. The van der Waals surface area contributed by atoms with Crippen LogP contribution < -0.4 is 4.72 Å². The lowest BCUT2D eigenvalue weighted by Gasteiger charge is -2.11. The number of methoxy groups -OCH3 is 1. The zero-order valence-corrected chi connectivity index (χ0v) is 15.7. The summed E-state index contributed by atoms with van der Waals surface area (Å²) in [6, 6.07) is 8.99. The molecule has 2 aromatic rings. The number of hydrogen-bond acceptors (Lipinski definition) is 7. The SMILES string of the molecule is COC(=O)c1ccc(NS(=O)(=O)c2cccc(C(=O)OC(C)C)c2)cc1O. The van der Waals surface area contributed by atoms with Crippen molar-refractivity contribution in [3.8, 4) is 5.75 Å². The van der Waals surface area contributed by atoms with Crippen molar-refractivity contribution in [2.45, 2.75) is 24.8 Å². The van der Waals surface area contributed by atoms with Crippen molar-refractivity contribution in [1.29, 1.82) is 0 Å².